The van der Waals surface area contributed by atoms with Gasteiger partial charge in [0.25, 0.3) is 0 Å². The summed E-state index contributed by atoms with van der Waals surface area (Å²) in [4.78, 5) is 18.9. The number of benzene rings is 1. The average molecular weight is 481 g/mol. The molecule has 3 N–H and O–H groups in total. The van der Waals surface area contributed by atoms with Crippen LogP contribution in [0.3, 0.4) is 0 Å². The van der Waals surface area contributed by atoms with Crippen molar-refractivity contribution in [1.82, 2.24) is 19.9 Å². The minimum Gasteiger partial charge on any atom is -0.396 e. The van der Waals surface area contributed by atoms with Crippen LogP contribution in [0.15, 0.2) is 35.8 Å². The van der Waals surface area contributed by atoms with Crippen molar-refractivity contribution < 1.29 is 5.11 Å². The molecule has 1 fully saturated rings. The first kappa shape index (κ1) is 22.2. The molecule has 3 heterocycles. The van der Waals surface area contributed by atoms with Crippen molar-refractivity contribution in [2.45, 2.75) is 39.8 Å². The molecule has 1 aliphatic carbocycles. The zero-order valence-corrected chi connectivity index (χ0v) is 20.6. The molecule has 33 heavy (non-hydrogen) atoms. The lowest BCUT2D eigenvalue weighted by Gasteiger charge is -2.22. The van der Waals surface area contributed by atoms with Crippen molar-refractivity contribution in [3.63, 3.8) is 0 Å². The molecule has 172 valence electrons. The number of nitrogens with zero attached hydrogens (tertiary/aromatic N) is 4. The molecule has 0 radical (unpaired) electrons. The molecule has 0 unspecified atom stereocenters. The van der Waals surface area contributed by atoms with Gasteiger partial charge in [-0.2, -0.15) is 4.98 Å². The molecule has 3 aromatic heterocycles. The molecule has 7 nitrogen and oxygen atoms in total. The summed E-state index contributed by atoms with van der Waals surface area (Å²) in [7, 11) is 0. The zero-order chi connectivity index (χ0) is 22.9. The number of thiazole rings is 2. The van der Waals surface area contributed by atoms with Gasteiger partial charge in [0.05, 0.1) is 28.0 Å². The van der Waals surface area contributed by atoms with Gasteiger partial charge in [0.1, 0.15) is 15.8 Å². The van der Waals surface area contributed by atoms with E-state index in [1.807, 2.05) is 30.5 Å². The van der Waals surface area contributed by atoms with Crippen molar-refractivity contribution in [3.8, 4) is 10.6 Å². The number of aromatic nitrogens is 4. The first-order valence-electron chi connectivity index (χ1n) is 11.3. The van der Waals surface area contributed by atoms with Crippen LogP contribution in [0.2, 0.25) is 0 Å². The normalized spacial score (nSPS) is 22.7. The van der Waals surface area contributed by atoms with E-state index in [0.717, 1.165) is 43.7 Å². The Labute approximate surface area is 201 Å². The number of aryl methyl sites for hydroxylation is 1. The number of hydrogen-bond acceptors (Lipinski definition) is 9. The average Bonchev–Trinajstić information content (AvgIpc) is 3.53. The number of rotatable bonds is 7. The second kappa shape index (κ2) is 9.32. The van der Waals surface area contributed by atoms with Gasteiger partial charge in [-0.25, -0.2) is 15.0 Å². The van der Waals surface area contributed by atoms with Crippen molar-refractivity contribution >= 4 is 44.7 Å². The van der Waals surface area contributed by atoms with Crippen LogP contribution in [0.4, 0.5) is 11.8 Å². The number of aliphatic hydroxyl groups is 1. The van der Waals surface area contributed by atoms with Crippen molar-refractivity contribution in [1.29, 1.82) is 0 Å². The lowest BCUT2D eigenvalue weighted by molar-refractivity contribution is 0.191. The molecule has 0 aliphatic heterocycles. The van der Waals surface area contributed by atoms with E-state index in [1.54, 1.807) is 28.9 Å². The Bertz CT molecular complexity index is 1210. The maximum Gasteiger partial charge on any atom is 0.225 e. The van der Waals surface area contributed by atoms with E-state index in [4.69, 9.17) is 15.0 Å². The molecule has 9 heteroatoms. The summed E-state index contributed by atoms with van der Waals surface area (Å²) in [5, 5.41) is 20.7. The monoisotopic (exact) mass is 480 g/mol. The molecular formula is C24H28N6OS2. The fourth-order valence-corrected chi connectivity index (χ4v) is 6.26. The lowest BCUT2D eigenvalue weighted by Crippen LogP contribution is -2.25. The van der Waals surface area contributed by atoms with Gasteiger partial charge in [0.15, 0.2) is 0 Å². The van der Waals surface area contributed by atoms with Crippen LogP contribution in [0.1, 0.15) is 31.0 Å². The van der Waals surface area contributed by atoms with Crippen LogP contribution in [-0.2, 0) is 6.54 Å². The number of hydrogen-bond donors (Lipinski definition) is 3. The first-order valence-corrected chi connectivity index (χ1v) is 13.0. The van der Waals surface area contributed by atoms with Gasteiger partial charge in [-0.1, -0.05) is 26.0 Å². The first-order chi connectivity index (χ1) is 16.0. The van der Waals surface area contributed by atoms with Crippen molar-refractivity contribution in [2.75, 3.05) is 17.2 Å². The second-order valence-corrected chi connectivity index (χ2v) is 10.8. The van der Waals surface area contributed by atoms with Gasteiger partial charge in [-0.3, -0.25) is 0 Å². The standard InChI is InChI=1S/C24H28N6OS2/c1-13-14(2)18(10-16(13)12-31)28-22-21(23-29-17-6-4-5-7-19(17)33-23)15(3)27-24(30-22)26-11-20-25-8-9-32-20/h4-9,13-14,16,18,31H,10-12H2,1-3H3,(H2,26,27,28,30)/t13-,14+,16+,18+/m0/s1. The third-order valence-corrected chi connectivity index (χ3v) is 8.63. The summed E-state index contributed by atoms with van der Waals surface area (Å²) in [6.07, 6.45) is 2.72. The summed E-state index contributed by atoms with van der Waals surface area (Å²) < 4.78 is 1.15. The molecular weight excluding hydrogens is 452 g/mol. The van der Waals surface area contributed by atoms with Crippen LogP contribution in [0.5, 0.6) is 0 Å². The van der Waals surface area contributed by atoms with E-state index in [-0.39, 0.29) is 12.6 Å². The van der Waals surface area contributed by atoms with Gasteiger partial charge in [0, 0.05) is 24.2 Å². The number of nitrogens with one attached hydrogen (secondary N) is 2. The third kappa shape index (κ3) is 4.45. The van der Waals surface area contributed by atoms with Crippen LogP contribution in [0.25, 0.3) is 20.8 Å². The Balaban J connectivity index is 1.52. The maximum absolute atomic E-state index is 9.82. The molecule has 0 bridgehead atoms. The molecule has 1 saturated carbocycles. The molecule has 0 saturated heterocycles. The Hall–Kier alpha value is -2.62. The third-order valence-electron chi connectivity index (χ3n) is 6.80. The highest BCUT2D eigenvalue weighted by Gasteiger charge is 2.38. The van der Waals surface area contributed by atoms with Crippen LogP contribution < -0.4 is 10.6 Å². The molecule has 1 aromatic carbocycles. The fourth-order valence-electron chi connectivity index (χ4n) is 4.64. The highest BCUT2D eigenvalue weighted by atomic mass is 32.1. The van der Waals surface area contributed by atoms with Gasteiger partial charge in [-0.05, 0) is 43.2 Å². The van der Waals surface area contributed by atoms with Crippen molar-refractivity contribution in [2.24, 2.45) is 17.8 Å². The number of anilines is 2. The Morgan fingerprint density at radius 3 is 2.70 bits per heavy atom. The predicted octanol–water partition coefficient (Wildman–Crippen LogP) is 5.20. The summed E-state index contributed by atoms with van der Waals surface area (Å²) in [6.45, 7) is 7.30. The largest absolute Gasteiger partial charge is 0.396 e. The van der Waals surface area contributed by atoms with Gasteiger partial charge in [-0.15, -0.1) is 22.7 Å². The maximum atomic E-state index is 9.82. The minimum absolute atomic E-state index is 0.220. The summed E-state index contributed by atoms with van der Waals surface area (Å²) in [5.74, 6) is 2.54. The van der Waals surface area contributed by atoms with Crippen LogP contribution in [0, 0.1) is 24.7 Å². The second-order valence-electron chi connectivity index (χ2n) is 8.77. The zero-order valence-electron chi connectivity index (χ0n) is 18.9. The van der Waals surface area contributed by atoms with E-state index in [9.17, 15) is 5.11 Å². The van der Waals surface area contributed by atoms with E-state index >= 15 is 0 Å². The lowest BCUT2D eigenvalue weighted by atomic mass is 9.92. The predicted molar refractivity (Wildman–Crippen MR) is 136 cm³/mol. The number of fused-ring (bicyclic) bond motifs is 1. The van der Waals surface area contributed by atoms with Crippen LogP contribution >= 0.6 is 22.7 Å². The minimum atomic E-state index is 0.220. The molecule has 1 aliphatic rings. The van der Waals surface area contributed by atoms with E-state index < -0.39 is 0 Å². The molecule has 0 amide bonds. The van der Waals surface area contributed by atoms with E-state index in [0.29, 0.717) is 30.2 Å². The van der Waals surface area contributed by atoms with Gasteiger partial charge in [0.2, 0.25) is 5.95 Å². The molecule has 4 aromatic rings. The van der Waals surface area contributed by atoms with E-state index in [2.05, 4.69) is 35.5 Å². The van der Waals surface area contributed by atoms with Crippen LogP contribution in [-0.4, -0.2) is 37.7 Å². The summed E-state index contributed by atoms with van der Waals surface area (Å²) >= 11 is 3.27. The van der Waals surface area contributed by atoms with Gasteiger partial charge >= 0.3 is 0 Å². The molecule has 4 atom stereocenters. The number of aliphatic hydroxyl groups excluding tert-OH is 1. The highest BCUT2D eigenvalue weighted by molar-refractivity contribution is 7.21. The van der Waals surface area contributed by atoms with Crippen molar-refractivity contribution in [3.05, 3.63) is 46.5 Å². The Morgan fingerprint density at radius 2 is 1.97 bits per heavy atom. The highest BCUT2D eigenvalue weighted by Crippen LogP contribution is 2.41. The summed E-state index contributed by atoms with van der Waals surface area (Å²) in [6, 6.07) is 8.41. The molecule has 0 spiro atoms. The SMILES string of the molecule is Cc1nc(NCc2nccs2)nc(N[C@@H]2C[C@H](CO)[C@@H](C)[C@H]2C)c1-c1nc2ccccc2s1. The van der Waals surface area contributed by atoms with E-state index in [1.165, 1.54) is 0 Å². The quantitative estimate of drug-likeness (QED) is 0.335. The smallest absolute Gasteiger partial charge is 0.225 e. The Morgan fingerprint density at radius 1 is 1.12 bits per heavy atom. The molecule has 5 rings (SSSR count). The Kier molecular flexibility index (Phi) is 6.27. The fraction of sp³-hybridized carbons (Fsp3) is 0.417. The van der Waals surface area contributed by atoms with Gasteiger partial charge < -0.3 is 15.7 Å². The number of para-hydroxylation sites is 1. The summed E-state index contributed by atoms with van der Waals surface area (Å²) in [5.41, 5.74) is 2.81. The topological polar surface area (TPSA) is 95.9 Å².